The predicted molar refractivity (Wildman–Crippen MR) is 428 cm³/mol. The van der Waals surface area contributed by atoms with Gasteiger partial charge in [-0.2, -0.15) is 0 Å². The fourth-order valence-corrected chi connectivity index (χ4v) is 11.0. The van der Waals surface area contributed by atoms with Crippen LogP contribution in [0.2, 0.25) is 0 Å². The number of hydrogen-bond donors (Lipinski definition) is 21. The van der Waals surface area contributed by atoms with Crippen LogP contribution >= 0.6 is 0 Å². The maximum atomic E-state index is 13.9. The first-order chi connectivity index (χ1) is 51.8. The highest BCUT2D eigenvalue weighted by Gasteiger charge is 2.34. The molecule has 0 aliphatic heterocycles. The number of alkyl carbamates (subject to hydrolysis) is 1. The predicted octanol–water partition coefficient (Wildman–Crippen LogP) is 2.47. The van der Waals surface area contributed by atoms with Gasteiger partial charge in [0.1, 0.15) is 53.9 Å². The lowest BCUT2D eigenvalue weighted by molar-refractivity contribution is -0.134. The maximum Gasteiger partial charge on any atom is 0.408 e. The second-order valence-corrected chi connectivity index (χ2v) is 33.5. The summed E-state index contributed by atoms with van der Waals surface area (Å²) in [7, 11) is 0. The van der Waals surface area contributed by atoms with Crippen LogP contribution in [-0.4, -0.2) is 219 Å². The third-order valence-electron chi connectivity index (χ3n) is 17.1. The molecule has 0 aliphatic carbocycles. The minimum absolute atomic E-state index is 0.00492. The van der Waals surface area contributed by atoms with E-state index in [1.807, 2.05) is 111 Å². The number of carbonyl (C=O) groups is 15. The van der Waals surface area contributed by atoms with Crippen molar-refractivity contribution in [3.63, 3.8) is 0 Å². The van der Waals surface area contributed by atoms with Crippen molar-refractivity contribution >= 4 is 89.5 Å². The molecule has 0 saturated carbocycles. The van der Waals surface area contributed by atoms with Crippen molar-refractivity contribution < 1.29 is 76.7 Å². The molecule has 21 amide bonds. The van der Waals surface area contributed by atoms with E-state index in [-0.39, 0.29) is 106 Å². The minimum Gasteiger partial charge on any atom is -0.444 e. The number of nitrogens with one attached hydrogen (secondary N) is 20. The molecule has 0 aromatic carbocycles. The van der Waals surface area contributed by atoms with Gasteiger partial charge in [-0.3, -0.25) is 38.4 Å². The summed E-state index contributed by atoms with van der Waals surface area (Å²) in [6.45, 7) is 44.3. The largest absolute Gasteiger partial charge is 0.444 e. The number of carbonyl (C=O) groups excluding carboxylic acids is 15. The number of rotatable bonds is 48. The van der Waals surface area contributed by atoms with Gasteiger partial charge in [-0.05, 0) is 148 Å². The van der Waals surface area contributed by atoms with Gasteiger partial charge in [-0.1, -0.05) is 111 Å². The lowest BCUT2D eigenvalue weighted by Crippen LogP contribution is -2.59. The first-order valence-corrected chi connectivity index (χ1v) is 39.4. The summed E-state index contributed by atoms with van der Waals surface area (Å²) in [6.07, 6.45) is 1.09. The van der Waals surface area contributed by atoms with Crippen LogP contribution in [0, 0.1) is 47.3 Å². The summed E-state index contributed by atoms with van der Waals surface area (Å²) in [6, 6.07) is -15.4. The first-order valence-electron chi connectivity index (χ1n) is 39.4. The van der Waals surface area contributed by atoms with E-state index in [0.29, 0.717) is 19.3 Å². The van der Waals surface area contributed by atoms with E-state index in [1.165, 1.54) is 27.7 Å². The van der Waals surface area contributed by atoms with Crippen LogP contribution in [0.15, 0.2) is 0 Å². The highest BCUT2D eigenvalue weighted by molar-refractivity contribution is 5.97. The molecule has 644 valence electrons. The fraction of sp³-hybridized carbons (Fsp3) is 0.800. The van der Waals surface area contributed by atoms with Gasteiger partial charge < -0.3 is 117 Å². The van der Waals surface area contributed by atoms with Crippen LogP contribution in [0.25, 0.3) is 0 Å². The Morgan fingerprint density at radius 2 is 0.527 bits per heavy atom. The van der Waals surface area contributed by atoms with Crippen LogP contribution in [0.1, 0.15) is 212 Å². The smallest absolute Gasteiger partial charge is 0.408 e. The van der Waals surface area contributed by atoms with Crippen molar-refractivity contribution in [1.29, 1.82) is 0 Å². The Morgan fingerprint density at radius 3 is 0.848 bits per heavy atom. The van der Waals surface area contributed by atoms with Crippen molar-refractivity contribution in [2.75, 3.05) is 39.3 Å². The average molecular weight is 1600 g/mol. The second kappa shape index (κ2) is 52.1. The quantitative estimate of drug-likeness (QED) is 0.0416. The van der Waals surface area contributed by atoms with Crippen LogP contribution < -0.4 is 112 Å². The van der Waals surface area contributed by atoms with Crippen molar-refractivity contribution in [1.82, 2.24) is 106 Å². The second-order valence-electron chi connectivity index (χ2n) is 33.5. The van der Waals surface area contributed by atoms with Crippen LogP contribution in [-0.2, 0) is 43.1 Å². The van der Waals surface area contributed by atoms with Crippen molar-refractivity contribution in [2.45, 2.75) is 302 Å². The topological polar surface area (TPSA) is 532 Å². The molecule has 112 heavy (non-hydrogen) atoms. The van der Waals surface area contributed by atoms with Crippen molar-refractivity contribution in [2.24, 2.45) is 53.1 Å². The van der Waals surface area contributed by atoms with E-state index in [9.17, 15) is 71.9 Å². The molecule has 37 nitrogen and oxygen atoms in total. The molecule has 37 heteroatoms. The molecule has 22 N–H and O–H groups in total. The van der Waals surface area contributed by atoms with Gasteiger partial charge in [0.05, 0.1) is 6.04 Å². The number of amides is 21. The molecular formula is C75H143N21O16. The molecule has 0 fully saturated rings. The van der Waals surface area contributed by atoms with Gasteiger partial charge in [0, 0.05) is 69.5 Å². The summed E-state index contributed by atoms with van der Waals surface area (Å²) in [4.78, 5) is 197. The van der Waals surface area contributed by atoms with Gasteiger partial charge in [0.2, 0.25) is 47.3 Å². The van der Waals surface area contributed by atoms with Gasteiger partial charge in [-0.15, -0.1) is 0 Å². The van der Waals surface area contributed by atoms with Crippen LogP contribution in [0.3, 0.4) is 0 Å². The van der Waals surface area contributed by atoms with E-state index in [0.717, 1.165) is 0 Å². The lowest BCUT2D eigenvalue weighted by atomic mass is 10.00. The number of nitrogens with two attached hydrogens (primary N) is 1. The first kappa shape index (κ1) is 103. The Morgan fingerprint density at radius 1 is 0.268 bits per heavy atom. The molecule has 0 saturated heterocycles. The third-order valence-corrected chi connectivity index (χ3v) is 17.1. The molecule has 0 unspecified atom stereocenters. The Labute approximate surface area is 664 Å². The monoisotopic (exact) mass is 1590 g/mol. The molecule has 0 radical (unpaired) electrons. The van der Waals surface area contributed by atoms with E-state index in [1.54, 1.807) is 34.6 Å². The number of hydrogen-bond acceptors (Lipinski definition) is 16. The zero-order chi connectivity index (χ0) is 86.2. The van der Waals surface area contributed by atoms with Gasteiger partial charge in [0.25, 0.3) is 0 Å². The zero-order valence-electron chi connectivity index (χ0n) is 71.3. The normalized spacial score (nSPS) is 15.3. The number of urea groups is 6. The Hall–Kier alpha value is -9.35. The van der Waals surface area contributed by atoms with Crippen LogP contribution in [0.4, 0.5) is 33.6 Å². The molecule has 0 heterocycles. The zero-order valence-corrected chi connectivity index (χ0v) is 71.3. The minimum atomic E-state index is -1.13. The molecule has 0 aromatic rings. The van der Waals surface area contributed by atoms with Gasteiger partial charge >= 0.3 is 42.3 Å². The fourth-order valence-electron chi connectivity index (χ4n) is 11.0. The summed E-state index contributed by atoms with van der Waals surface area (Å²) in [5, 5.41) is 54.4. The average Bonchev–Trinajstić information content (AvgIpc) is 0.870. The summed E-state index contributed by atoms with van der Waals surface area (Å²) in [5.41, 5.74) is 4.67. The summed E-state index contributed by atoms with van der Waals surface area (Å²) >= 11 is 0. The van der Waals surface area contributed by atoms with Crippen molar-refractivity contribution in [3.8, 4) is 0 Å². The standard InChI is InChI=1S/C75H143N21O16/c1-38(2)26-52(34-79-70(107)87-50(21)63(100)92-55(29-41(7)8)65(102)85-48(19)61(98)91-54(60(76)97)28-40(5)6)89-71(108)77-33-47(18)84-69(106)82-37-59(45(15)16)96-73(110)80-35-53(27-39(3)4)90-72(109)78-32-46(17)83-68(105)81-36-58(44(13)14)95-67(104)57(31-43(11)12)94-62(99)49(20)86-66(103)56(30-42(9)10)93-64(101)51(22)88-74(111)112-75(23,24)25/h38-59H,26-37H2,1-25H3,(H2,76,97)(H,85,102)(H,86,103)(H,88,111)(H,91,98)(H,92,100)(H,93,101)(H,94,99)(H,95,104)(H2,77,89,108)(H2,78,90,109)(H2,79,87,107)(H2,80,96,110)(H2,81,83,105)(H2,82,84,106)/t46-,47-,48-,49-,50-,51-,52-,53-,54-,55-,56-,57-,58+,59+/m0/s1. The van der Waals surface area contributed by atoms with Gasteiger partial charge in [-0.25, -0.2) is 33.6 Å². The maximum absolute atomic E-state index is 13.9. The molecular weight excluding hydrogens is 1450 g/mol. The highest BCUT2D eigenvalue weighted by Crippen LogP contribution is 2.14. The lowest BCUT2D eigenvalue weighted by Gasteiger charge is -2.28. The number of primary amides is 1. The molecule has 14 atom stereocenters. The highest BCUT2D eigenvalue weighted by atomic mass is 16.6. The molecule has 0 aliphatic rings. The van der Waals surface area contributed by atoms with Crippen molar-refractivity contribution in [3.05, 3.63) is 0 Å². The SMILES string of the molecule is CC(C)C[C@@H](CNC(=O)N[C@@H](C)C(=O)N[C@@H](CC(C)C)C(=O)N[C@@H](C)C(=O)N[C@@H](CC(C)C)C(N)=O)NC(=O)NC[C@H](C)NC(=O)NC[C@@H](NC(=O)NC[C@H](CC(C)C)NC(=O)NC[C@H](C)NC(=O)NC[C@@H](NC(=O)[C@H](CC(C)C)NC(=O)[C@H](C)NC(=O)[C@H](CC(C)C)NC(=O)[C@H](C)NC(=O)OC(C)(C)C)C(C)C)C(C)C. The van der Waals surface area contributed by atoms with E-state index in [2.05, 4.69) is 106 Å². The summed E-state index contributed by atoms with van der Waals surface area (Å²) < 4.78 is 5.24. The van der Waals surface area contributed by atoms with E-state index in [4.69, 9.17) is 10.5 Å². The van der Waals surface area contributed by atoms with Crippen LogP contribution in [0.5, 0.6) is 0 Å². The van der Waals surface area contributed by atoms with Gasteiger partial charge in [0.15, 0.2) is 0 Å². The van der Waals surface area contributed by atoms with E-state index < -0.39 is 180 Å². The van der Waals surface area contributed by atoms with E-state index >= 15 is 0 Å². The molecule has 0 bridgehead atoms. The molecule has 0 spiro atoms. The Bertz CT molecular complexity index is 3020. The third kappa shape index (κ3) is 47.1. The Kier molecular flexibility index (Phi) is 47.7. The Balaban J connectivity index is 5.38. The summed E-state index contributed by atoms with van der Waals surface area (Å²) in [5.74, 6) is -5.36. The number of ether oxygens (including phenoxy) is 1. The molecule has 0 rings (SSSR count). The molecule has 0 aromatic heterocycles.